The molecule has 0 aromatic carbocycles. The van der Waals surface area contributed by atoms with Gasteiger partial charge in [-0.15, -0.1) is 5.10 Å². The van der Waals surface area contributed by atoms with Crippen molar-refractivity contribution < 1.29 is 14.7 Å². The SMILES string of the molecule is CN(Cc1ccccn1)C(=O)Cn1cc(C(=O)O)nn1. The molecule has 2 rings (SSSR count). The van der Waals surface area contributed by atoms with E-state index in [2.05, 4.69) is 15.3 Å². The van der Waals surface area contributed by atoms with E-state index in [1.165, 1.54) is 15.8 Å². The fourth-order valence-corrected chi connectivity index (χ4v) is 1.56. The van der Waals surface area contributed by atoms with Gasteiger partial charge >= 0.3 is 5.97 Å². The van der Waals surface area contributed by atoms with Crippen LogP contribution in [0.2, 0.25) is 0 Å². The van der Waals surface area contributed by atoms with Gasteiger partial charge in [0, 0.05) is 13.2 Å². The van der Waals surface area contributed by atoms with Gasteiger partial charge in [-0.05, 0) is 12.1 Å². The molecule has 8 nitrogen and oxygen atoms in total. The van der Waals surface area contributed by atoms with Gasteiger partial charge in [-0.1, -0.05) is 11.3 Å². The van der Waals surface area contributed by atoms with Crippen molar-refractivity contribution in [3.05, 3.63) is 42.0 Å². The van der Waals surface area contributed by atoms with Crippen LogP contribution < -0.4 is 0 Å². The fourth-order valence-electron chi connectivity index (χ4n) is 1.56. The molecule has 0 saturated carbocycles. The Morgan fingerprint density at radius 2 is 2.20 bits per heavy atom. The van der Waals surface area contributed by atoms with Gasteiger partial charge in [-0.3, -0.25) is 9.78 Å². The first-order valence-electron chi connectivity index (χ1n) is 5.83. The number of carboxylic acids is 1. The lowest BCUT2D eigenvalue weighted by molar-refractivity contribution is -0.131. The minimum atomic E-state index is -1.18. The maximum absolute atomic E-state index is 12.0. The number of nitrogens with zero attached hydrogens (tertiary/aromatic N) is 5. The van der Waals surface area contributed by atoms with Crippen LogP contribution in [-0.2, 0) is 17.9 Å². The fraction of sp³-hybridized carbons (Fsp3) is 0.250. The lowest BCUT2D eigenvalue weighted by Gasteiger charge is -2.16. The molecule has 0 aliphatic heterocycles. The molecule has 1 amide bonds. The molecule has 0 aliphatic rings. The molecule has 0 aliphatic carbocycles. The van der Waals surface area contributed by atoms with Crippen LogP contribution in [0.5, 0.6) is 0 Å². The highest BCUT2D eigenvalue weighted by Crippen LogP contribution is 2.01. The van der Waals surface area contributed by atoms with Gasteiger partial charge in [0.1, 0.15) is 6.54 Å². The average Bonchev–Trinajstić information content (AvgIpc) is 2.88. The molecule has 1 N–H and O–H groups in total. The summed E-state index contributed by atoms with van der Waals surface area (Å²) in [4.78, 5) is 28.2. The van der Waals surface area contributed by atoms with Crippen molar-refractivity contribution >= 4 is 11.9 Å². The number of pyridine rings is 1. The highest BCUT2D eigenvalue weighted by molar-refractivity contribution is 5.84. The molecule has 0 bridgehead atoms. The van der Waals surface area contributed by atoms with Gasteiger partial charge in [0.25, 0.3) is 0 Å². The molecule has 0 atom stereocenters. The third-order valence-electron chi connectivity index (χ3n) is 2.61. The third kappa shape index (κ3) is 3.37. The molecule has 2 aromatic heterocycles. The number of rotatable bonds is 5. The summed E-state index contributed by atoms with van der Waals surface area (Å²) in [6.07, 6.45) is 2.87. The standard InChI is InChI=1S/C12H13N5O3/c1-16(6-9-4-2-3-5-13-9)11(18)8-17-7-10(12(19)20)14-15-17/h2-5,7H,6,8H2,1H3,(H,19,20). The first-order chi connectivity index (χ1) is 9.56. The molecular formula is C12H13N5O3. The lowest BCUT2D eigenvalue weighted by atomic mass is 10.3. The first kappa shape index (κ1) is 13.7. The minimum absolute atomic E-state index is 0.0659. The van der Waals surface area contributed by atoms with Crippen molar-refractivity contribution in [1.82, 2.24) is 24.9 Å². The van der Waals surface area contributed by atoms with E-state index in [0.717, 1.165) is 5.69 Å². The highest BCUT2D eigenvalue weighted by atomic mass is 16.4. The Morgan fingerprint density at radius 1 is 1.40 bits per heavy atom. The summed E-state index contributed by atoms with van der Waals surface area (Å²) in [6, 6.07) is 5.47. The van der Waals surface area contributed by atoms with Crippen LogP contribution in [0.1, 0.15) is 16.2 Å². The first-order valence-corrected chi connectivity index (χ1v) is 5.83. The summed E-state index contributed by atoms with van der Waals surface area (Å²) >= 11 is 0. The topological polar surface area (TPSA) is 101 Å². The zero-order valence-corrected chi connectivity index (χ0v) is 10.8. The normalized spacial score (nSPS) is 10.2. The van der Waals surface area contributed by atoms with Gasteiger partial charge in [-0.2, -0.15) is 0 Å². The summed E-state index contributed by atoms with van der Waals surface area (Å²) in [6.45, 7) is 0.309. The smallest absolute Gasteiger partial charge is 0.358 e. The van der Waals surface area contributed by atoms with E-state index in [9.17, 15) is 9.59 Å². The van der Waals surface area contributed by atoms with Crippen molar-refractivity contribution in [2.75, 3.05) is 7.05 Å². The van der Waals surface area contributed by atoms with Crippen molar-refractivity contribution in [2.45, 2.75) is 13.1 Å². The zero-order chi connectivity index (χ0) is 14.5. The maximum Gasteiger partial charge on any atom is 0.358 e. The van der Waals surface area contributed by atoms with Crippen molar-refractivity contribution in [2.24, 2.45) is 0 Å². The van der Waals surface area contributed by atoms with Crippen molar-refractivity contribution in [3.63, 3.8) is 0 Å². The molecule has 0 unspecified atom stereocenters. The van der Waals surface area contributed by atoms with Gasteiger partial charge < -0.3 is 10.0 Å². The van der Waals surface area contributed by atoms with Crippen molar-refractivity contribution in [3.8, 4) is 0 Å². The van der Waals surface area contributed by atoms with E-state index in [1.807, 2.05) is 12.1 Å². The number of aromatic carboxylic acids is 1. The quantitative estimate of drug-likeness (QED) is 0.826. The van der Waals surface area contributed by atoms with Crippen LogP contribution >= 0.6 is 0 Å². The number of aromatic nitrogens is 4. The monoisotopic (exact) mass is 275 g/mol. The van der Waals surface area contributed by atoms with Crippen LogP contribution in [0.15, 0.2) is 30.6 Å². The van der Waals surface area contributed by atoms with Gasteiger partial charge in [-0.25, -0.2) is 9.48 Å². The van der Waals surface area contributed by atoms with Crippen LogP contribution in [0, 0.1) is 0 Å². The Balaban J connectivity index is 1.95. The largest absolute Gasteiger partial charge is 0.476 e. The second kappa shape index (κ2) is 5.91. The molecule has 0 saturated heterocycles. The van der Waals surface area contributed by atoms with E-state index in [-0.39, 0.29) is 18.1 Å². The molecule has 0 spiro atoms. The van der Waals surface area contributed by atoms with E-state index in [4.69, 9.17) is 5.11 Å². The Morgan fingerprint density at radius 3 is 2.80 bits per heavy atom. The Hall–Kier alpha value is -2.77. The average molecular weight is 275 g/mol. The van der Waals surface area contributed by atoms with Gasteiger partial charge in [0.15, 0.2) is 5.69 Å². The molecule has 8 heteroatoms. The minimum Gasteiger partial charge on any atom is -0.476 e. The van der Waals surface area contributed by atoms with Gasteiger partial charge in [0.2, 0.25) is 5.91 Å². The molecule has 0 fully saturated rings. The van der Waals surface area contributed by atoms with Crippen LogP contribution in [0.3, 0.4) is 0 Å². The molecule has 2 aromatic rings. The molecule has 104 valence electrons. The third-order valence-corrected chi connectivity index (χ3v) is 2.61. The number of likely N-dealkylation sites (N-methyl/N-ethyl adjacent to an activating group) is 1. The zero-order valence-electron chi connectivity index (χ0n) is 10.8. The number of carboxylic acid groups (broad SMARTS) is 1. The Kier molecular flexibility index (Phi) is 4.04. The van der Waals surface area contributed by atoms with Crippen LogP contribution in [0.25, 0.3) is 0 Å². The van der Waals surface area contributed by atoms with E-state index < -0.39 is 5.97 Å². The molecule has 20 heavy (non-hydrogen) atoms. The second-order valence-corrected chi connectivity index (χ2v) is 4.18. The van der Waals surface area contributed by atoms with E-state index >= 15 is 0 Å². The van der Waals surface area contributed by atoms with Crippen LogP contribution in [0.4, 0.5) is 0 Å². The van der Waals surface area contributed by atoms with E-state index in [1.54, 1.807) is 19.3 Å². The van der Waals surface area contributed by atoms with Crippen molar-refractivity contribution in [1.29, 1.82) is 0 Å². The predicted molar refractivity (Wildman–Crippen MR) is 67.7 cm³/mol. The highest BCUT2D eigenvalue weighted by Gasteiger charge is 2.14. The number of carbonyl (C=O) groups excluding carboxylic acids is 1. The molecule has 0 radical (unpaired) electrons. The number of hydrogen-bond acceptors (Lipinski definition) is 5. The number of carbonyl (C=O) groups is 2. The predicted octanol–water partition coefficient (Wildman–Crippen LogP) is 0.0299. The van der Waals surface area contributed by atoms with Gasteiger partial charge in [0.05, 0.1) is 18.4 Å². The Labute approximate surface area is 114 Å². The Bertz CT molecular complexity index is 611. The summed E-state index contributed by atoms with van der Waals surface area (Å²) in [7, 11) is 1.64. The summed E-state index contributed by atoms with van der Waals surface area (Å²) in [5.41, 5.74) is 0.582. The number of hydrogen-bond donors (Lipinski definition) is 1. The molecular weight excluding hydrogens is 262 g/mol. The second-order valence-electron chi connectivity index (χ2n) is 4.18. The summed E-state index contributed by atoms with van der Waals surface area (Å²) in [5, 5.41) is 15.7. The summed E-state index contributed by atoms with van der Waals surface area (Å²) < 4.78 is 1.20. The van der Waals surface area contributed by atoms with E-state index in [0.29, 0.717) is 6.54 Å². The summed E-state index contributed by atoms with van der Waals surface area (Å²) in [5.74, 6) is -1.39. The number of amides is 1. The van der Waals surface area contributed by atoms with Crippen LogP contribution in [-0.4, -0.2) is 48.9 Å². The lowest BCUT2D eigenvalue weighted by Crippen LogP contribution is -2.30. The maximum atomic E-state index is 12.0. The molecule has 2 heterocycles.